The Kier molecular flexibility index (Phi) is 5.22. The molecule has 1 heterocycles. The van der Waals surface area contributed by atoms with E-state index in [0.717, 1.165) is 11.1 Å². The first-order valence-electron chi connectivity index (χ1n) is 9.78. The van der Waals surface area contributed by atoms with Gasteiger partial charge in [0, 0.05) is 36.4 Å². The third-order valence-electron chi connectivity index (χ3n) is 5.44. The van der Waals surface area contributed by atoms with Crippen LogP contribution in [0.25, 0.3) is 0 Å². The zero-order valence-corrected chi connectivity index (χ0v) is 16.3. The molecule has 1 unspecified atom stereocenters. The molecule has 3 amide bonds. The Morgan fingerprint density at radius 3 is 2.60 bits per heavy atom. The number of Topliss-reactive ketones (excluding diaryl/α,β-unsaturated/α-hetero) is 2. The summed E-state index contributed by atoms with van der Waals surface area (Å²) >= 11 is 0. The van der Waals surface area contributed by atoms with Crippen molar-refractivity contribution in [2.75, 3.05) is 11.1 Å². The van der Waals surface area contributed by atoms with Gasteiger partial charge in [-0.3, -0.25) is 14.4 Å². The fourth-order valence-corrected chi connectivity index (χ4v) is 3.85. The second-order valence-corrected chi connectivity index (χ2v) is 7.59. The minimum atomic E-state index is -0.533. The highest BCUT2D eigenvalue weighted by molar-refractivity contribution is 6.07. The Hall–Kier alpha value is -3.68. The predicted octanol–water partition coefficient (Wildman–Crippen LogP) is 2.24. The number of nitrogens with zero attached hydrogens (tertiary/aromatic N) is 1. The van der Waals surface area contributed by atoms with Crippen molar-refractivity contribution >= 4 is 34.9 Å². The van der Waals surface area contributed by atoms with Crippen LogP contribution in [0, 0.1) is 0 Å². The number of carbonyl (C=O) groups excluding carboxylic acids is 4. The maximum Gasteiger partial charge on any atom is 0.319 e. The van der Waals surface area contributed by atoms with Gasteiger partial charge in [-0.1, -0.05) is 12.1 Å². The molecule has 8 heteroatoms. The van der Waals surface area contributed by atoms with E-state index >= 15 is 0 Å². The Labute approximate surface area is 173 Å². The van der Waals surface area contributed by atoms with Crippen molar-refractivity contribution in [3.8, 4) is 0 Å². The molecule has 1 aliphatic carbocycles. The number of hydrogen-bond acceptors (Lipinski definition) is 5. The maximum absolute atomic E-state index is 12.9. The third kappa shape index (κ3) is 4.03. The molecule has 2 aromatic carbocycles. The Morgan fingerprint density at radius 2 is 1.87 bits per heavy atom. The number of anilines is 2. The van der Waals surface area contributed by atoms with E-state index in [2.05, 4.69) is 10.6 Å². The van der Waals surface area contributed by atoms with Gasteiger partial charge >= 0.3 is 6.03 Å². The van der Waals surface area contributed by atoms with Crippen molar-refractivity contribution < 1.29 is 19.2 Å². The number of benzene rings is 2. The second kappa shape index (κ2) is 7.98. The number of rotatable bonds is 4. The number of carbonyl (C=O) groups is 4. The fourth-order valence-electron chi connectivity index (χ4n) is 3.85. The highest BCUT2D eigenvalue weighted by Crippen LogP contribution is 2.29. The largest absolute Gasteiger partial charge is 0.399 e. The van der Waals surface area contributed by atoms with Gasteiger partial charge in [-0.05, 0) is 47.9 Å². The van der Waals surface area contributed by atoms with Gasteiger partial charge in [-0.15, -0.1) is 0 Å². The lowest BCUT2D eigenvalue weighted by atomic mass is 9.92. The number of hydrogen-bond donors (Lipinski definition) is 3. The fraction of sp³-hybridized carbons (Fsp3) is 0.273. The van der Waals surface area contributed by atoms with E-state index in [9.17, 15) is 19.2 Å². The number of nitrogens with one attached hydrogen (secondary N) is 2. The van der Waals surface area contributed by atoms with E-state index in [1.165, 1.54) is 0 Å². The molecule has 0 aromatic heterocycles. The van der Waals surface area contributed by atoms with E-state index in [4.69, 9.17) is 5.73 Å². The Bertz CT molecular complexity index is 1030. The van der Waals surface area contributed by atoms with E-state index in [-0.39, 0.29) is 36.5 Å². The minimum Gasteiger partial charge on any atom is -0.399 e. The van der Waals surface area contributed by atoms with E-state index in [1.807, 2.05) is 12.1 Å². The van der Waals surface area contributed by atoms with Crippen LogP contribution < -0.4 is 16.4 Å². The van der Waals surface area contributed by atoms with E-state index in [0.29, 0.717) is 36.3 Å². The van der Waals surface area contributed by atoms with Crippen molar-refractivity contribution in [1.29, 1.82) is 0 Å². The molecule has 0 spiro atoms. The van der Waals surface area contributed by atoms with Gasteiger partial charge in [0.25, 0.3) is 5.91 Å². The Balaban J connectivity index is 1.38. The SMILES string of the molecule is Nc1ccc(NC(=O)NCc2ccc3c(c2)C(=O)N(C2CCC(=O)CC2=O)C3)cc1. The maximum atomic E-state index is 12.9. The average Bonchev–Trinajstić information content (AvgIpc) is 3.04. The Morgan fingerprint density at radius 1 is 1.10 bits per heavy atom. The molecule has 0 bridgehead atoms. The summed E-state index contributed by atoms with van der Waals surface area (Å²) in [6, 6.07) is 11.3. The summed E-state index contributed by atoms with van der Waals surface area (Å²) in [5.41, 5.74) is 9.02. The molecule has 30 heavy (non-hydrogen) atoms. The van der Waals surface area contributed by atoms with Gasteiger partial charge < -0.3 is 21.3 Å². The topological polar surface area (TPSA) is 122 Å². The van der Waals surface area contributed by atoms with Gasteiger partial charge in [-0.2, -0.15) is 0 Å². The summed E-state index contributed by atoms with van der Waals surface area (Å²) in [7, 11) is 0. The molecule has 2 aromatic rings. The number of nitrogen functional groups attached to an aromatic ring is 1. The average molecular weight is 406 g/mol. The lowest BCUT2D eigenvalue weighted by Gasteiger charge is -2.29. The highest BCUT2D eigenvalue weighted by Gasteiger charge is 2.38. The van der Waals surface area contributed by atoms with Crippen LogP contribution in [-0.2, 0) is 22.7 Å². The van der Waals surface area contributed by atoms with E-state index < -0.39 is 6.04 Å². The quantitative estimate of drug-likeness (QED) is 0.531. The monoisotopic (exact) mass is 406 g/mol. The van der Waals surface area contributed by atoms with Gasteiger partial charge in [0.15, 0.2) is 5.78 Å². The summed E-state index contributed by atoms with van der Waals surface area (Å²) in [6.07, 6.45) is 0.620. The zero-order valence-electron chi connectivity index (χ0n) is 16.3. The molecule has 4 rings (SSSR count). The minimum absolute atomic E-state index is 0.0639. The van der Waals surface area contributed by atoms with E-state index in [1.54, 1.807) is 35.2 Å². The standard InChI is InChI=1S/C22H22N4O4/c23-15-3-5-16(6-4-15)25-22(30)24-11-13-1-2-14-12-26(21(29)18(14)9-13)19-8-7-17(27)10-20(19)28/h1-6,9,19H,7-8,10-12,23H2,(H2,24,25,30). The molecule has 0 saturated heterocycles. The highest BCUT2D eigenvalue weighted by atomic mass is 16.2. The molecular formula is C22H22N4O4. The normalized spacial score (nSPS) is 18.3. The molecular weight excluding hydrogens is 384 g/mol. The van der Waals surface area contributed by atoms with Crippen molar-refractivity contribution in [2.45, 2.75) is 38.4 Å². The van der Waals surface area contributed by atoms with Crippen molar-refractivity contribution in [2.24, 2.45) is 0 Å². The summed E-state index contributed by atoms with van der Waals surface area (Å²) in [5, 5.41) is 5.47. The van der Waals surface area contributed by atoms with Gasteiger partial charge in [0.05, 0.1) is 12.5 Å². The molecule has 4 N–H and O–H groups in total. The number of nitrogens with two attached hydrogens (primary N) is 1. The lowest BCUT2D eigenvalue weighted by molar-refractivity contribution is -0.133. The number of amides is 3. The molecule has 0 radical (unpaired) electrons. The molecule has 1 aliphatic heterocycles. The van der Waals surface area contributed by atoms with Crippen molar-refractivity contribution in [3.63, 3.8) is 0 Å². The van der Waals surface area contributed by atoms with Gasteiger partial charge in [0.2, 0.25) is 0 Å². The van der Waals surface area contributed by atoms with Crippen molar-refractivity contribution in [1.82, 2.24) is 10.2 Å². The van der Waals surface area contributed by atoms with Crippen LogP contribution in [0.2, 0.25) is 0 Å². The van der Waals surface area contributed by atoms with Gasteiger partial charge in [0.1, 0.15) is 5.78 Å². The van der Waals surface area contributed by atoms with Crippen LogP contribution in [0.5, 0.6) is 0 Å². The smallest absolute Gasteiger partial charge is 0.319 e. The number of urea groups is 1. The summed E-state index contributed by atoms with van der Waals surface area (Å²) < 4.78 is 0. The molecule has 1 fully saturated rings. The number of fused-ring (bicyclic) bond motifs is 1. The van der Waals surface area contributed by atoms with Crippen molar-refractivity contribution in [3.05, 3.63) is 59.2 Å². The molecule has 1 atom stereocenters. The third-order valence-corrected chi connectivity index (χ3v) is 5.44. The van der Waals surface area contributed by atoms with Crippen LogP contribution in [0.4, 0.5) is 16.2 Å². The van der Waals surface area contributed by atoms with Crippen LogP contribution in [0.15, 0.2) is 42.5 Å². The van der Waals surface area contributed by atoms with Gasteiger partial charge in [-0.25, -0.2) is 4.79 Å². The summed E-state index contributed by atoms with van der Waals surface area (Å²) in [4.78, 5) is 50.2. The predicted molar refractivity (Wildman–Crippen MR) is 111 cm³/mol. The first-order chi connectivity index (χ1) is 14.4. The summed E-state index contributed by atoms with van der Waals surface area (Å²) in [5.74, 6) is -0.453. The molecule has 154 valence electrons. The van der Waals surface area contributed by atoms with Crippen LogP contribution in [0.1, 0.15) is 40.7 Å². The second-order valence-electron chi connectivity index (χ2n) is 7.59. The molecule has 1 saturated carbocycles. The lowest BCUT2D eigenvalue weighted by Crippen LogP contribution is -2.44. The molecule has 2 aliphatic rings. The first-order valence-corrected chi connectivity index (χ1v) is 9.78. The van der Waals surface area contributed by atoms with Crippen LogP contribution in [-0.4, -0.2) is 34.4 Å². The zero-order chi connectivity index (χ0) is 21.3. The molecule has 8 nitrogen and oxygen atoms in total. The van der Waals surface area contributed by atoms with Crippen LogP contribution >= 0.6 is 0 Å². The van der Waals surface area contributed by atoms with Crippen LogP contribution in [0.3, 0.4) is 0 Å². The summed E-state index contributed by atoms with van der Waals surface area (Å²) in [6.45, 7) is 0.613. The first kappa shape index (κ1) is 19.6. The number of ketones is 2.